The Balaban J connectivity index is 1.85. The van der Waals surface area contributed by atoms with Gasteiger partial charge in [-0.1, -0.05) is 16.8 Å². The Morgan fingerprint density at radius 1 is 1.32 bits per heavy atom. The van der Waals surface area contributed by atoms with Crippen molar-refractivity contribution in [3.8, 4) is 0 Å². The number of hydrogen-bond donors (Lipinski definition) is 1. The van der Waals surface area contributed by atoms with Crippen LogP contribution >= 0.6 is 11.6 Å². The number of carbonyl (C=O) groups excluding carboxylic acids is 1. The van der Waals surface area contributed by atoms with Crippen LogP contribution in [0.15, 0.2) is 33.7 Å². The number of halogens is 1. The first-order valence-electron chi connectivity index (χ1n) is 7.82. The van der Waals surface area contributed by atoms with E-state index in [4.69, 9.17) is 16.1 Å². The SMILES string of the molecule is Cc1noc(C)c1S(=O)(=O)N1CCC[C@@H]1C(=O)Nc1ccc(Cl)cc1. The van der Waals surface area contributed by atoms with Gasteiger partial charge in [0.15, 0.2) is 5.76 Å². The van der Waals surface area contributed by atoms with Crippen LogP contribution in [0.4, 0.5) is 5.69 Å². The number of amides is 1. The third-order valence-corrected chi connectivity index (χ3v) is 6.56. The number of sulfonamides is 1. The van der Waals surface area contributed by atoms with E-state index >= 15 is 0 Å². The van der Waals surface area contributed by atoms with Gasteiger partial charge >= 0.3 is 0 Å². The molecule has 1 N–H and O–H groups in total. The number of benzene rings is 1. The van der Waals surface area contributed by atoms with Gasteiger partial charge in [0.2, 0.25) is 15.9 Å². The maximum atomic E-state index is 13.0. The van der Waals surface area contributed by atoms with Gasteiger partial charge in [0, 0.05) is 17.3 Å². The van der Waals surface area contributed by atoms with Crippen LogP contribution in [0.2, 0.25) is 5.02 Å². The van der Waals surface area contributed by atoms with Crippen molar-refractivity contribution in [2.24, 2.45) is 0 Å². The molecule has 7 nitrogen and oxygen atoms in total. The summed E-state index contributed by atoms with van der Waals surface area (Å²) in [5.74, 6) is -0.142. The molecule has 9 heteroatoms. The quantitative estimate of drug-likeness (QED) is 0.876. The van der Waals surface area contributed by atoms with E-state index in [0.717, 1.165) is 0 Å². The summed E-state index contributed by atoms with van der Waals surface area (Å²) in [6.45, 7) is 3.40. The molecule has 25 heavy (non-hydrogen) atoms. The minimum absolute atomic E-state index is 0.0405. The number of rotatable bonds is 4. The summed E-state index contributed by atoms with van der Waals surface area (Å²) < 4.78 is 32.2. The first kappa shape index (κ1) is 17.9. The molecule has 1 amide bonds. The highest BCUT2D eigenvalue weighted by Gasteiger charge is 2.41. The summed E-state index contributed by atoms with van der Waals surface area (Å²) in [5.41, 5.74) is 0.859. The Labute approximate surface area is 151 Å². The van der Waals surface area contributed by atoms with Gasteiger partial charge in [0.1, 0.15) is 16.6 Å². The molecular formula is C16H18ClN3O4S. The smallest absolute Gasteiger partial charge is 0.249 e. The van der Waals surface area contributed by atoms with Gasteiger partial charge < -0.3 is 9.84 Å². The maximum absolute atomic E-state index is 13.0. The average Bonchev–Trinajstić information content (AvgIpc) is 3.17. The molecule has 2 aromatic rings. The monoisotopic (exact) mass is 383 g/mol. The predicted octanol–water partition coefficient (Wildman–Crippen LogP) is 2.74. The second-order valence-corrected chi connectivity index (χ2v) is 8.19. The molecule has 1 atom stereocenters. The highest BCUT2D eigenvalue weighted by atomic mass is 35.5. The van der Waals surface area contributed by atoms with Crippen LogP contribution in [0.1, 0.15) is 24.3 Å². The minimum Gasteiger partial charge on any atom is -0.360 e. The van der Waals surface area contributed by atoms with E-state index in [0.29, 0.717) is 29.2 Å². The fourth-order valence-electron chi connectivity index (χ4n) is 3.01. The Morgan fingerprint density at radius 2 is 2.00 bits per heavy atom. The molecule has 0 spiro atoms. The van der Waals surface area contributed by atoms with E-state index < -0.39 is 16.1 Å². The summed E-state index contributed by atoms with van der Waals surface area (Å²) in [4.78, 5) is 12.6. The molecule has 134 valence electrons. The zero-order chi connectivity index (χ0) is 18.2. The average molecular weight is 384 g/mol. The number of aromatic nitrogens is 1. The van der Waals surface area contributed by atoms with Gasteiger partial charge in [-0.15, -0.1) is 0 Å². The molecule has 0 aliphatic carbocycles. The minimum atomic E-state index is -3.85. The second kappa shape index (κ2) is 6.78. The van der Waals surface area contributed by atoms with Gasteiger partial charge in [0.05, 0.1) is 0 Å². The molecule has 1 aromatic heterocycles. The maximum Gasteiger partial charge on any atom is 0.249 e. The van der Waals surface area contributed by atoms with Crippen molar-refractivity contribution < 1.29 is 17.7 Å². The molecule has 0 bridgehead atoms. The Hall–Kier alpha value is -1.90. The number of carbonyl (C=O) groups is 1. The third-order valence-electron chi connectivity index (χ3n) is 4.15. The van der Waals surface area contributed by atoms with Crippen LogP contribution in [0.5, 0.6) is 0 Å². The molecule has 0 saturated carbocycles. The van der Waals surface area contributed by atoms with Crippen LogP contribution in [0.25, 0.3) is 0 Å². The first-order valence-corrected chi connectivity index (χ1v) is 9.63. The summed E-state index contributed by atoms with van der Waals surface area (Å²) in [6.07, 6.45) is 1.07. The second-order valence-electron chi connectivity index (χ2n) is 5.92. The van der Waals surface area contributed by atoms with Crippen LogP contribution in [-0.2, 0) is 14.8 Å². The third kappa shape index (κ3) is 3.42. The number of aryl methyl sites for hydroxylation is 2. The largest absolute Gasteiger partial charge is 0.360 e. The molecule has 1 fully saturated rings. The zero-order valence-electron chi connectivity index (χ0n) is 13.8. The molecule has 0 unspecified atom stereocenters. The number of nitrogens with zero attached hydrogens (tertiary/aromatic N) is 2. The normalized spacial score (nSPS) is 18.4. The van der Waals surface area contributed by atoms with Crippen molar-refractivity contribution in [2.45, 2.75) is 37.6 Å². The molecule has 2 heterocycles. The summed E-state index contributed by atoms with van der Waals surface area (Å²) in [6, 6.07) is 5.88. The van der Waals surface area contributed by atoms with E-state index in [1.807, 2.05) is 0 Å². The van der Waals surface area contributed by atoms with Crippen molar-refractivity contribution in [3.63, 3.8) is 0 Å². The van der Waals surface area contributed by atoms with Gasteiger partial charge in [-0.3, -0.25) is 4.79 Å². The summed E-state index contributed by atoms with van der Waals surface area (Å²) in [7, 11) is -3.85. The van der Waals surface area contributed by atoms with Crippen molar-refractivity contribution in [2.75, 3.05) is 11.9 Å². The molecule has 1 aliphatic heterocycles. The predicted molar refractivity (Wildman–Crippen MR) is 93.0 cm³/mol. The molecule has 3 rings (SSSR count). The van der Waals surface area contributed by atoms with Gasteiger partial charge in [-0.25, -0.2) is 8.42 Å². The van der Waals surface area contributed by atoms with E-state index in [9.17, 15) is 13.2 Å². The standard InChI is InChI=1S/C16H18ClN3O4S/c1-10-15(11(2)24-19-10)25(22,23)20-9-3-4-14(20)16(21)18-13-7-5-12(17)6-8-13/h5-8,14H,3-4,9H2,1-2H3,(H,18,21)/t14-/m1/s1. The number of hydrogen-bond acceptors (Lipinski definition) is 5. The number of nitrogens with one attached hydrogen (secondary N) is 1. The van der Waals surface area contributed by atoms with Crippen molar-refractivity contribution in [3.05, 3.63) is 40.7 Å². The lowest BCUT2D eigenvalue weighted by molar-refractivity contribution is -0.119. The highest BCUT2D eigenvalue weighted by Crippen LogP contribution is 2.30. The Bertz CT molecular complexity index is 873. The van der Waals surface area contributed by atoms with E-state index in [2.05, 4.69) is 10.5 Å². The molecule has 1 aliphatic rings. The fraction of sp³-hybridized carbons (Fsp3) is 0.375. The topological polar surface area (TPSA) is 92.5 Å². The van der Waals surface area contributed by atoms with Crippen LogP contribution < -0.4 is 5.32 Å². The Morgan fingerprint density at radius 3 is 2.60 bits per heavy atom. The lowest BCUT2D eigenvalue weighted by Gasteiger charge is -2.23. The van der Waals surface area contributed by atoms with Gasteiger partial charge in [-0.05, 0) is 51.0 Å². The lowest BCUT2D eigenvalue weighted by atomic mass is 10.2. The van der Waals surface area contributed by atoms with Gasteiger partial charge in [-0.2, -0.15) is 4.31 Å². The van der Waals surface area contributed by atoms with Crippen molar-refractivity contribution in [1.82, 2.24) is 9.46 Å². The molecule has 1 aromatic carbocycles. The van der Waals surface area contributed by atoms with Crippen molar-refractivity contribution >= 4 is 33.2 Å². The summed E-state index contributed by atoms with van der Waals surface area (Å²) >= 11 is 5.83. The fourth-order valence-corrected chi connectivity index (χ4v) is 5.09. The first-order chi connectivity index (χ1) is 11.8. The number of anilines is 1. The lowest BCUT2D eigenvalue weighted by Crippen LogP contribution is -2.43. The summed E-state index contributed by atoms with van der Waals surface area (Å²) in [5, 5.41) is 7.01. The van der Waals surface area contributed by atoms with Gasteiger partial charge in [0.25, 0.3) is 0 Å². The zero-order valence-corrected chi connectivity index (χ0v) is 15.4. The van der Waals surface area contributed by atoms with Crippen molar-refractivity contribution in [1.29, 1.82) is 0 Å². The molecular weight excluding hydrogens is 366 g/mol. The van der Waals surface area contributed by atoms with Crippen LogP contribution in [-0.4, -0.2) is 36.4 Å². The van der Waals surface area contributed by atoms with Crippen LogP contribution in [0.3, 0.4) is 0 Å². The molecule has 1 saturated heterocycles. The Kier molecular flexibility index (Phi) is 4.86. The van der Waals surface area contributed by atoms with E-state index in [1.165, 1.54) is 4.31 Å². The highest BCUT2D eigenvalue weighted by molar-refractivity contribution is 7.89. The van der Waals surface area contributed by atoms with E-state index in [-0.39, 0.29) is 23.1 Å². The van der Waals surface area contributed by atoms with Crippen LogP contribution in [0, 0.1) is 13.8 Å². The van der Waals surface area contributed by atoms with E-state index in [1.54, 1.807) is 38.1 Å². The molecule has 0 radical (unpaired) electrons.